The van der Waals surface area contributed by atoms with Gasteiger partial charge in [0.25, 0.3) is 10.0 Å². The van der Waals surface area contributed by atoms with Gasteiger partial charge in [-0.05, 0) is 49.2 Å². The fraction of sp³-hybridized carbons (Fsp3) is 0.154. The van der Waals surface area contributed by atoms with Crippen LogP contribution in [0.3, 0.4) is 0 Å². The van der Waals surface area contributed by atoms with Crippen LogP contribution in [0.4, 0.5) is 11.4 Å². The summed E-state index contributed by atoms with van der Waals surface area (Å²) in [5.74, 6) is 0. The lowest BCUT2D eigenvalue weighted by Gasteiger charge is -2.13. The van der Waals surface area contributed by atoms with Gasteiger partial charge in [0.2, 0.25) is 0 Å². The Bertz CT molecular complexity index is 674. The molecule has 1 aromatic carbocycles. The SMILES string of the molecule is Cc1cc(N)cc(C)c1S(=O)(=O)Nc1cccnc1. The highest BCUT2D eigenvalue weighted by molar-refractivity contribution is 7.92. The molecule has 0 saturated heterocycles. The molecule has 0 aliphatic rings. The summed E-state index contributed by atoms with van der Waals surface area (Å²) in [6, 6.07) is 6.60. The van der Waals surface area contributed by atoms with Crippen molar-refractivity contribution in [3.8, 4) is 0 Å². The maximum atomic E-state index is 12.4. The zero-order valence-electron chi connectivity index (χ0n) is 10.7. The molecule has 2 aromatic rings. The molecule has 0 radical (unpaired) electrons. The summed E-state index contributed by atoms with van der Waals surface area (Å²) in [6.07, 6.45) is 3.04. The molecule has 0 amide bonds. The normalized spacial score (nSPS) is 11.3. The van der Waals surface area contributed by atoms with Crippen LogP contribution in [0.1, 0.15) is 11.1 Å². The second kappa shape index (κ2) is 4.89. The number of nitrogens with zero attached hydrogens (tertiary/aromatic N) is 1. The third-order valence-corrected chi connectivity index (χ3v) is 4.35. The maximum Gasteiger partial charge on any atom is 0.262 e. The van der Waals surface area contributed by atoms with E-state index in [9.17, 15) is 8.42 Å². The Labute approximate surface area is 112 Å². The first-order valence-electron chi connectivity index (χ1n) is 5.70. The van der Waals surface area contributed by atoms with Gasteiger partial charge in [-0.15, -0.1) is 0 Å². The number of hydrogen-bond acceptors (Lipinski definition) is 4. The van der Waals surface area contributed by atoms with Crippen LogP contribution in [0, 0.1) is 13.8 Å². The number of anilines is 2. The number of nitrogens with two attached hydrogens (primary N) is 1. The van der Waals surface area contributed by atoms with Crippen LogP contribution in [0.5, 0.6) is 0 Å². The number of nitrogens with one attached hydrogen (secondary N) is 1. The smallest absolute Gasteiger partial charge is 0.262 e. The molecule has 0 aliphatic carbocycles. The predicted molar refractivity (Wildman–Crippen MR) is 75.4 cm³/mol. The molecular weight excluding hydrogens is 262 g/mol. The molecule has 100 valence electrons. The minimum absolute atomic E-state index is 0.255. The van der Waals surface area contributed by atoms with Crippen molar-refractivity contribution in [2.45, 2.75) is 18.7 Å². The number of sulfonamides is 1. The van der Waals surface area contributed by atoms with Crippen LogP contribution < -0.4 is 10.5 Å². The van der Waals surface area contributed by atoms with E-state index in [0.717, 1.165) is 0 Å². The molecule has 2 rings (SSSR count). The number of rotatable bonds is 3. The quantitative estimate of drug-likeness (QED) is 0.841. The molecule has 5 nitrogen and oxygen atoms in total. The topological polar surface area (TPSA) is 85.1 Å². The molecule has 0 bridgehead atoms. The Morgan fingerprint density at radius 3 is 2.37 bits per heavy atom. The van der Waals surface area contributed by atoms with E-state index in [4.69, 9.17) is 5.73 Å². The summed E-state index contributed by atoms with van der Waals surface area (Å²) in [5.41, 5.74) is 7.92. The largest absolute Gasteiger partial charge is 0.399 e. The van der Waals surface area contributed by atoms with Crippen molar-refractivity contribution >= 4 is 21.4 Å². The summed E-state index contributed by atoms with van der Waals surface area (Å²) in [6.45, 7) is 3.45. The summed E-state index contributed by atoms with van der Waals surface area (Å²) in [5, 5.41) is 0. The van der Waals surface area contributed by atoms with E-state index < -0.39 is 10.0 Å². The number of benzene rings is 1. The summed E-state index contributed by atoms with van der Waals surface area (Å²) >= 11 is 0. The Morgan fingerprint density at radius 1 is 1.21 bits per heavy atom. The highest BCUT2D eigenvalue weighted by Crippen LogP contribution is 2.24. The zero-order valence-corrected chi connectivity index (χ0v) is 11.5. The Morgan fingerprint density at radius 2 is 1.84 bits per heavy atom. The lowest BCUT2D eigenvalue weighted by molar-refractivity contribution is 0.600. The van der Waals surface area contributed by atoms with Crippen molar-refractivity contribution < 1.29 is 8.42 Å². The summed E-state index contributed by atoms with van der Waals surface area (Å²) < 4.78 is 27.3. The standard InChI is InChI=1S/C13H15N3O2S/c1-9-6-11(14)7-10(2)13(9)19(17,18)16-12-4-3-5-15-8-12/h3-8,16H,14H2,1-2H3. The first-order valence-corrected chi connectivity index (χ1v) is 7.18. The number of aromatic nitrogens is 1. The first kappa shape index (κ1) is 13.4. The molecule has 3 N–H and O–H groups in total. The molecular formula is C13H15N3O2S. The van der Waals surface area contributed by atoms with Crippen LogP contribution in [0.2, 0.25) is 0 Å². The van der Waals surface area contributed by atoms with Gasteiger partial charge >= 0.3 is 0 Å². The minimum atomic E-state index is -3.64. The Hall–Kier alpha value is -2.08. The van der Waals surface area contributed by atoms with Gasteiger partial charge in [0.15, 0.2) is 0 Å². The molecule has 0 fully saturated rings. The van der Waals surface area contributed by atoms with Gasteiger partial charge in [-0.3, -0.25) is 9.71 Å². The summed E-state index contributed by atoms with van der Waals surface area (Å²) in [7, 11) is -3.64. The molecule has 0 saturated carbocycles. The summed E-state index contributed by atoms with van der Waals surface area (Å²) in [4.78, 5) is 4.13. The average molecular weight is 277 g/mol. The van der Waals surface area contributed by atoms with Gasteiger partial charge < -0.3 is 5.73 Å². The average Bonchev–Trinajstić information content (AvgIpc) is 2.27. The van der Waals surface area contributed by atoms with Gasteiger partial charge in [0, 0.05) is 11.9 Å². The van der Waals surface area contributed by atoms with Crippen LogP contribution in [0.15, 0.2) is 41.6 Å². The van der Waals surface area contributed by atoms with Crippen LogP contribution in [-0.4, -0.2) is 13.4 Å². The van der Waals surface area contributed by atoms with E-state index in [1.807, 2.05) is 0 Å². The van der Waals surface area contributed by atoms with E-state index in [1.165, 1.54) is 6.20 Å². The van der Waals surface area contributed by atoms with Crippen molar-refractivity contribution in [2.24, 2.45) is 0 Å². The van der Waals surface area contributed by atoms with E-state index in [0.29, 0.717) is 22.5 Å². The van der Waals surface area contributed by atoms with Gasteiger partial charge in [-0.2, -0.15) is 0 Å². The van der Waals surface area contributed by atoms with E-state index >= 15 is 0 Å². The van der Waals surface area contributed by atoms with Gasteiger partial charge in [0.1, 0.15) is 0 Å². The second-order valence-corrected chi connectivity index (χ2v) is 5.95. The molecule has 1 aromatic heterocycles. The predicted octanol–water partition coefficient (Wildman–Crippen LogP) is 2.08. The van der Waals surface area contributed by atoms with Crippen molar-refractivity contribution in [1.82, 2.24) is 4.98 Å². The Kier molecular flexibility index (Phi) is 3.44. The molecule has 0 spiro atoms. The van der Waals surface area contributed by atoms with E-state index in [-0.39, 0.29) is 4.90 Å². The van der Waals surface area contributed by atoms with Crippen molar-refractivity contribution in [3.05, 3.63) is 47.8 Å². The fourth-order valence-electron chi connectivity index (χ4n) is 2.04. The highest BCUT2D eigenvalue weighted by atomic mass is 32.2. The number of nitrogen functional groups attached to an aromatic ring is 1. The second-order valence-electron chi connectivity index (χ2n) is 4.33. The van der Waals surface area contributed by atoms with Crippen LogP contribution >= 0.6 is 0 Å². The third kappa shape index (κ3) is 2.85. The van der Waals surface area contributed by atoms with Crippen LogP contribution in [0.25, 0.3) is 0 Å². The molecule has 6 heteroatoms. The lowest BCUT2D eigenvalue weighted by atomic mass is 10.1. The maximum absolute atomic E-state index is 12.4. The first-order chi connectivity index (χ1) is 8.90. The van der Waals surface area contributed by atoms with Crippen LogP contribution in [-0.2, 0) is 10.0 Å². The number of aryl methyl sites for hydroxylation is 2. The molecule has 1 heterocycles. The molecule has 0 unspecified atom stereocenters. The minimum Gasteiger partial charge on any atom is -0.399 e. The van der Waals surface area contributed by atoms with Gasteiger partial charge in [-0.25, -0.2) is 8.42 Å². The highest BCUT2D eigenvalue weighted by Gasteiger charge is 2.20. The number of pyridine rings is 1. The van der Waals surface area contributed by atoms with E-state index in [2.05, 4.69) is 9.71 Å². The zero-order chi connectivity index (χ0) is 14.0. The molecule has 0 atom stereocenters. The fourth-order valence-corrected chi connectivity index (χ4v) is 3.54. The monoisotopic (exact) mass is 277 g/mol. The van der Waals surface area contributed by atoms with Gasteiger partial charge in [0.05, 0.1) is 16.8 Å². The lowest BCUT2D eigenvalue weighted by Crippen LogP contribution is -2.16. The van der Waals surface area contributed by atoms with Crippen molar-refractivity contribution in [2.75, 3.05) is 10.5 Å². The van der Waals surface area contributed by atoms with Crippen molar-refractivity contribution in [1.29, 1.82) is 0 Å². The molecule has 0 aliphatic heterocycles. The molecule has 19 heavy (non-hydrogen) atoms. The van der Waals surface area contributed by atoms with E-state index in [1.54, 1.807) is 44.3 Å². The van der Waals surface area contributed by atoms with Crippen molar-refractivity contribution in [3.63, 3.8) is 0 Å². The van der Waals surface area contributed by atoms with Gasteiger partial charge in [-0.1, -0.05) is 0 Å². The third-order valence-electron chi connectivity index (χ3n) is 2.67. The Balaban J connectivity index is 2.46. The number of hydrogen-bond donors (Lipinski definition) is 2.